The Bertz CT molecular complexity index is 248. The second-order valence-corrected chi connectivity index (χ2v) is 3.78. The van der Waals surface area contributed by atoms with Crippen molar-refractivity contribution in [2.24, 2.45) is 5.92 Å². The topological polar surface area (TPSA) is 0 Å². The minimum atomic E-state index is -4.03. The minimum Gasteiger partial charge on any atom is -0.251 e. The lowest BCUT2D eigenvalue weighted by Crippen LogP contribution is -2.37. The zero-order valence-electron chi connectivity index (χ0n) is 8.42. The molecule has 2 atom stereocenters. The molecule has 0 aliphatic heterocycles. The summed E-state index contributed by atoms with van der Waals surface area (Å²) in [6.07, 6.45) is -6.41. The number of hydrogen-bond acceptors (Lipinski definition) is 0. The van der Waals surface area contributed by atoms with Gasteiger partial charge in [-0.1, -0.05) is 18.5 Å². The first-order valence-electron chi connectivity index (χ1n) is 4.53. The summed E-state index contributed by atoms with van der Waals surface area (Å²) in [6, 6.07) is 0. The molecule has 2 unspecified atom stereocenters. The highest BCUT2D eigenvalue weighted by atomic mass is 35.5. The Morgan fingerprint density at radius 2 is 1.81 bits per heavy atom. The van der Waals surface area contributed by atoms with Crippen LogP contribution in [-0.2, 0) is 0 Å². The van der Waals surface area contributed by atoms with E-state index in [0.29, 0.717) is 0 Å². The number of hydrogen-bond donors (Lipinski definition) is 0. The van der Waals surface area contributed by atoms with Crippen molar-refractivity contribution in [1.29, 1.82) is 0 Å². The largest absolute Gasteiger partial charge is 0.287 e. The second kappa shape index (κ2) is 6.37. The first-order chi connectivity index (χ1) is 7.25. The third kappa shape index (κ3) is 3.88. The molecular formula is C9H11ClF6. The highest BCUT2D eigenvalue weighted by Gasteiger charge is 2.47. The van der Waals surface area contributed by atoms with Crippen LogP contribution in [0, 0.1) is 5.92 Å². The van der Waals surface area contributed by atoms with Gasteiger partial charge in [-0.05, 0) is 12.8 Å². The van der Waals surface area contributed by atoms with Gasteiger partial charge in [-0.2, -0.15) is 8.78 Å². The summed E-state index contributed by atoms with van der Waals surface area (Å²) < 4.78 is 74.8. The fourth-order valence-electron chi connectivity index (χ4n) is 1.09. The molecule has 7 heteroatoms. The molecule has 0 fully saturated rings. The third-order valence-electron chi connectivity index (χ3n) is 2.17. The maximum Gasteiger partial charge on any atom is 0.287 e. The van der Waals surface area contributed by atoms with Crippen LogP contribution in [0.5, 0.6) is 0 Å². The molecule has 0 radical (unpaired) electrons. The molecule has 0 aromatic heterocycles. The highest BCUT2D eigenvalue weighted by molar-refractivity contribution is 6.30. The predicted octanol–water partition coefficient (Wildman–Crippen LogP) is 4.69. The van der Waals surface area contributed by atoms with Crippen molar-refractivity contribution in [3.63, 3.8) is 0 Å². The van der Waals surface area contributed by atoms with E-state index in [0.717, 1.165) is 6.92 Å². The zero-order valence-corrected chi connectivity index (χ0v) is 9.18. The van der Waals surface area contributed by atoms with Crippen LogP contribution in [-0.4, -0.2) is 18.8 Å². The van der Waals surface area contributed by atoms with Crippen LogP contribution in [0.25, 0.3) is 0 Å². The lowest BCUT2D eigenvalue weighted by Gasteiger charge is -2.26. The molecule has 0 amide bonds. The van der Waals surface area contributed by atoms with Crippen molar-refractivity contribution in [3.8, 4) is 0 Å². The van der Waals surface area contributed by atoms with E-state index in [1.807, 2.05) is 0 Å². The Morgan fingerprint density at radius 1 is 1.31 bits per heavy atom. The van der Waals surface area contributed by atoms with E-state index in [1.54, 1.807) is 0 Å². The number of alkyl halides is 4. The van der Waals surface area contributed by atoms with Gasteiger partial charge >= 0.3 is 0 Å². The smallest absolute Gasteiger partial charge is 0.251 e. The standard InChI is InChI=1S/C9H11ClF6/c1-5(3-2-4-11)9(15,16)7(12)6(10)8(13)14/h5,7H,2-4H2,1H3. The van der Waals surface area contributed by atoms with E-state index < -0.39 is 35.8 Å². The van der Waals surface area contributed by atoms with Crippen LogP contribution in [0.4, 0.5) is 26.3 Å². The lowest BCUT2D eigenvalue weighted by molar-refractivity contribution is -0.102. The molecule has 0 saturated heterocycles. The second-order valence-electron chi connectivity index (χ2n) is 3.38. The molecule has 0 spiro atoms. The van der Waals surface area contributed by atoms with E-state index in [1.165, 1.54) is 0 Å². The van der Waals surface area contributed by atoms with Crippen LogP contribution >= 0.6 is 11.6 Å². The molecule has 0 heterocycles. The average molecular weight is 269 g/mol. The maximum absolute atomic E-state index is 13.2. The molecule has 96 valence electrons. The van der Waals surface area contributed by atoms with Crippen LogP contribution in [0.1, 0.15) is 19.8 Å². The predicted molar refractivity (Wildman–Crippen MR) is 49.3 cm³/mol. The summed E-state index contributed by atoms with van der Waals surface area (Å²) >= 11 is 4.73. The molecule has 16 heavy (non-hydrogen) atoms. The normalized spacial score (nSPS) is 15.8. The monoisotopic (exact) mass is 268 g/mol. The molecule has 0 aliphatic carbocycles. The van der Waals surface area contributed by atoms with Crippen LogP contribution < -0.4 is 0 Å². The Hall–Kier alpha value is -0.390. The number of allylic oxidation sites excluding steroid dienone is 1. The molecule has 0 N–H and O–H groups in total. The Labute approximate surface area is 94.3 Å². The van der Waals surface area contributed by atoms with E-state index >= 15 is 0 Å². The van der Waals surface area contributed by atoms with Crippen molar-refractivity contribution in [3.05, 3.63) is 11.1 Å². The molecular weight excluding hydrogens is 258 g/mol. The number of rotatable bonds is 6. The summed E-state index contributed by atoms with van der Waals surface area (Å²) in [5, 5.41) is -1.79. The van der Waals surface area contributed by atoms with Crippen LogP contribution in [0.15, 0.2) is 11.1 Å². The summed E-state index contributed by atoms with van der Waals surface area (Å²) in [5.41, 5.74) is 0. The van der Waals surface area contributed by atoms with Crippen molar-refractivity contribution < 1.29 is 26.3 Å². The van der Waals surface area contributed by atoms with Gasteiger partial charge < -0.3 is 0 Å². The minimum absolute atomic E-state index is 0.178. The highest BCUT2D eigenvalue weighted by Crippen LogP contribution is 2.38. The van der Waals surface area contributed by atoms with Gasteiger partial charge in [0.05, 0.1) is 6.67 Å². The fraction of sp³-hybridized carbons (Fsp3) is 0.778. The SMILES string of the molecule is CC(CCCF)C(F)(F)C(F)C(Cl)=C(F)F. The van der Waals surface area contributed by atoms with Gasteiger partial charge in [-0.15, -0.1) is 0 Å². The molecule has 0 rings (SSSR count). The van der Waals surface area contributed by atoms with E-state index in [9.17, 15) is 26.3 Å². The van der Waals surface area contributed by atoms with Crippen molar-refractivity contribution in [2.45, 2.75) is 31.9 Å². The van der Waals surface area contributed by atoms with Gasteiger partial charge in [0, 0.05) is 5.92 Å². The van der Waals surface area contributed by atoms with E-state index in [4.69, 9.17) is 11.6 Å². The molecule has 0 aromatic rings. The first kappa shape index (κ1) is 15.6. The summed E-state index contributed by atoms with van der Waals surface area (Å²) in [6.45, 7) is 0.140. The Balaban J connectivity index is 4.70. The van der Waals surface area contributed by atoms with Crippen molar-refractivity contribution in [1.82, 2.24) is 0 Å². The average Bonchev–Trinajstić information content (AvgIpc) is 2.23. The lowest BCUT2D eigenvalue weighted by atomic mass is 9.94. The molecule has 0 aliphatic rings. The quantitative estimate of drug-likeness (QED) is 0.613. The Kier molecular flexibility index (Phi) is 6.22. The van der Waals surface area contributed by atoms with Gasteiger partial charge in [0.15, 0.2) is 0 Å². The summed E-state index contributed by atoms with van der Waals surface area (Å²) in [4.78, 5) is 0. The maximum atomic E-state index is 13.2. The van der Waals surface area contributed by atoms with Gasteiger partial charge in [0.25, 0.3) is 12.0 Å². The van der Waals surface area contributed by atoms with Crippen LogP contribution in [0.2, 0.25) is 0 Å². The molecule has 0 saturated carbocycles. The van der Waals surface area contributed by atoms with Gasteiger partial charge in [-0.3, -0.25) is 4.39 Å². The molecule has 0 nitrogen and oxygen atoms in total. The number of halogens is 7. The summed E-state index contributed by atoms with van der Waals surface area (Å²) in [7, 11) is 0. The van der Waals surface area contributed by atoms with Crippen LogP contribution in [0.3, 0.4) is 0 Å². The molecule has 0 bridgehead atoms. The zero-order chi connectivity index (χ0) is 12.9. The van der Waals surface area contributed by atoms with E-state index in [2.05, 4.69) is 0 Å². The third-order valence-corrected chi connectivity index (χ3v) is 2.50. The summed E-state index contributed by atoms with van der Waals surface area (Å²) in [5.74, 6) is -5.60. The van der Waals surface area contributed by atoms with Gasteiger partial charge in [-0.25, -0.2) is 13.2 Å². The van der Waals surface area contributed by atoms with Crippen molar-refractivity contribution >= 4 is 11.6 Å². The Morgan fingerprint density at radius 3 is 2.19 bits per heavy atom. The van der Waals surface area contributed by atoms with Crippen molar-refractivity contribution in [2.75, 3.05) is 6.67 Å². The van der Waals surface area contributed by atoms with E-state index in [-0.39, 0.29) is 12.8 Å². The van der Waals surface area contributed by atoms with Gasteiger partial charge in [0.1, 0.15) is 5.03 Å². The molecule has 0 aromatic carbocycles. The van der Waals surface area contributed by atoms with Gasteiger partial charge in [0.2, 0.25) is 6.17 Å². The fourth-order valence-corrected chi connectivity index (χ4v) is 1.24. The first-order valence-corrected chi connectivity index (χ1v) is 4.91.